The predicted molar refractivity (Wildman–Crippen MR) is 88.3 cm³/mol. The summed E-state index contributed by atoms with van der Waals surface area (Å²) in [4.78, 5) is 1.17. The molecule has 0 radical (unpaired) electrons. The molecular formula is C16H24ClNS. The SMILES string of the molecule is C=C(C)CCC(CSc1ccccc1Cl)NCCC. The average Bonchev–Trinajstić information content (AvgIpc) is 2.39. The van der Waals surface area contributed by atoms with E-state index in [4.69, 9.17) is 11.6 Å². The summed E-state index contributed by atoms with van der Waals surface area (Å²) in [5.41, 5.74) is 1.26. The first-order valence-electron chi connectivity index (χ1n) is 6.88. The molecule has 1 aromatic carbocycles. The third-order valence-electron chi connectivity index (χ3n) is 2.88. The molecule has 0 heterocycles. The van der Waals surface area contributed by atoms with Gasteiger partial charge in [-0.15, -0.1) is 18.3 Å². The Kier molecular flexibility index (Phi) is 8.27. The van der Waals surface area contributed by atoms with E-state index in [-0.39, 0.29) is 0 Å². The lowest BCUT2D eigenvalue weighted by Gasteiger charge is -2.18. The molecule has 0 aliphatic rings. The van der Waals surface area contributed by atoms with Gasteiger partial charge in [-0.05, 0) is 44.9 Å². The minimum atomic E-state index is 0.526. The molecule has 1 atom stereocenters. The highest BCUT2D eigenvalue weighted by atomic mass is 35.5. The van der Waals surface area contributed by atoms with Crippen LogP contribution in [-0.2, 0) is 0 Å². The van der Waals surface area contributed by atoms with Crippen LogP contribution in [0.5, 0.6) is 0 Å². The van der Waals surface area contributed by atoms with E-state index in [9.17, 15) is 0 Å². The quantitative estimate of drug-likeness (QED) is 0.499. The van der Waals surface area contributed by atoms with Gasteiger partial charge in [-0.3, -0.25) is 0 Å². The first kappa shape index (κ1) is 16.6. The maximum Gasteiger partial charge on any atom is 0.0541 e. The van der Waals surface area contributed by atoms with Gasteiger partial charge in [-0.25, -0.2) is 0 Å². The highest BCUT2D eigenvalue weighted by Crippen LogP contribution is 2.27. The molecular weight excluding hydrogens is 274 g/mol. The van der Waals surface area contributed by atoms with Crippen molar-refractivity contribution < 1.29 is 0 Å². The highest BCUT2D eigenvalue weighted by molar-refractivity contribution is 7.99. The summed E-state index contributed by atoms with van der Waals surface area (Å²) in [6, 6.07) is 8.57. The van der Waals surface area contributed by atoms with Gasteiger partial charge in [0.2, 0.25) is 0 Å². The molecule has 0 spiro atoms. The maximum atomic E-state index is 6.18. The topological polar surface area (TPSA) is 12.0 Å². The summed E-state index contributed by atoms with van der Waals surface area (Å²) in [7, 11) is 0. The fourth-order valence-corrected chi connectivity index (χ4v) is 3.11. The van der Waals surface area contributed by atoms with E-state index in [1.165, 1.54) is 16.9 Å². The predicted octanol–water partition coefficient (Wildman–Crippen LogP) is 5.16. The Hall–Kier alpha value is -0.440. The van der Waals surface area contributed by atoms with Gasteiger partial charge in [0.15, 0.2) is 0 Å². The van der Waals surface area contributed by atoms with Gasteiger partial charge in [0.05, 0.1) is 5.02 Å². The summed E-state index contributed by atoms with van der Waals surface area (Å²) in [5.74, 6) is 1.05. The largest absolute Gasteiger partial charge is 0.313 e. The van der Waals surface area contributed by atoms with Crippen LogP contribution in [-0.4, -0.2) is 18.3 Å². The van der Waals surface area contributed by atoms with Crippen molar-refractivity contribution in [2.24, 2.45) is 0 Å². The van der Waals surface area contributed by atoms with Crippen LogP contribution in [0.3, 0.4) is 0 Å². The van der Waals surface area contributed by atoms with Crippen molar-refractivity contribution in [1.82, 2.24) is 5.32 Å². The summed E-state index contributed by atoms with van der Waals surface area (Å²) >= 11 is 8.02. The molecule has 0 aromatic heterocycles. The summed E-state index contributed by atoms with van der Waals surface area (Å²) < 4.78 is 0. The molecule has 1 N–H and O–H groups in total. The Balaban J connectivity index is 2.47. The number of benzene rings is 1. The van der Waals surface area contributed by atoms with E-state index in [1.54, 1.807) is 0 Å². The fraction of sp³-hybridized carbons (Fsp3) is 0.500. The third kappa shape index (κ3) is 7.05. The third-order valence-corrected chi connectivity index (χ3v) is 4.56. The highest BCUT2D eigenvalue weighted by Gasteiger charge is 2.09. The number of allylic oxidation sites excluding steroid dienone is 1. The lowest BCUT2D eigenvalue weighted by molar-refractivity contribution is 0.519. The Labute approximate surface area is 126 Å². The maximum absolute atomic E-state index is 6.18. The van der Waals surface area contributed by atoms with Crippen LogP contribution in [0, 0.1) is 0 Å². The van der Waals surface area contributed by atoms with Crippen LogP contribution >= 0.6 is 23.4 Å². The summed E-state index contributed by atoms with van der Waals surface area (Å²) in [6.07, 6.45) is 3.40. The Morgan fingerprint density at radius 1 is 1.42 bits per heavy atom. The van der Waals surface area contributed by atoms with E-state index in [0.717, 1.165) is 30.2 Å². The summed E-state index contributed by atoms with van der Waals surface area (Å²) in [6.45, 7) is 9.35. The number of nitrogens with one attached hydrogen (secondary N) is 1. The monoisotopic (exact) mass is 297 g/mol. The zero-order valence-corrected chi connectivity index (χ0v) is 13.5. The van der Waals surface area contributed by atoms with E-state index in [1.807, 2.05) is 30.0 Å². The molecule has 1 aromatic rings. The fourth-order valence-electron chi connectivity index (χ4n) is 1.77. The first-order valence-corrected chi connectivity index (χ1v) is 8.25. The molecule has 1 unspecified atom stereocenters. The van der Waals surface area contributed by atoms with Gasteiger partial charge in [0.1, 0.15) is 0 Å². The summed E-state index contributed by atoms with van der Waals surface area (Å²) in [5, 5.41) is 4.46. The standard InChI is InChI=1S/C16H24ClNS/c1-4-11-18-14(10-9-13(2)3)12-19-16-8-6-5-7-15(16)17/h5-8,14,18H,2,4,9-12H2,1,3H3. The van der Waals surface area contributed by atoms with E-state index < -0.39 is 0 Å². The van der Waals surface area contributed by atoms with Crippen molar-refractivity contribution in [3.8, 4) is 0 Å². The van der Waals surface area contributed by atoms with Crippen LogP contribution in [0.25, 0.3) is 0 Å². The molecule has 106 valence electrons. The molecule has 3 heteroatoms. The Bertz CT molecular complexity index is 392. The number of halogens is 1. The van der Waals surface area contributed by atoms with Gasteiger partial charge >= 0.3 is 0 Å². The Morgan fingerprint density at radius 2 is 2.16 bits per heavy atom. The molecule has 1 rings (SSSR count). The zero-order chi connectivity index (χ0) is 14.1. The first-order chi connectivity index (χ1) is 9.13. The van der Waals surface area contributed by atoms with Crippen molar-refractivity contribution in [3.05, 3.63) is 41.4 Å². The molecule has 1 nitrogen and oxygen atoms in total. The van der Waals surface area contributed by atoms with Gasteiger partial charge in [-0.2, -0.15) is 0 Å². The number of thioether (sulfide) groups is 1. The normalized spacial score (nSPS) is 12.4. The molecule has 0 saturated heterocycles. The second-order valence-corrected chi connectivity index (χ2v) is 6.36. The van der Waals surface area contributed by atoms with Gasteiger partial charge in [0, 0.05) is 16.7 Å². The van der Waals surface area contributed by atoms with Crippen molar-refractivity contribution >= 4 is 23.4 Å². The molecule has 0 aliphatic carbocycles. The van der Waals surface area contributed by atoms with Crippen LogP contribution in [0.2, 0.25) is 5.02 Å². The molecule has 0 amide bonds. The van der Waals surface area contributed by atoms with Crippen molar-refractivity contribution in [3.63, 3.8) is 0 Å². The van der Waals surface area contributed by atoms with Gasteiger partial charge in [-0.1, -0.05) is 36.2 Å². The lowest BCUT2D eigenvalue weighted by atomic mass is 10.1. The number of hydrogen-bond acceptors (Lipinski definition) is 2. The number of hydrogen-bond donors (Lipinski definition) is 1. The molecule has 0 bridgehead atoms. The van der Waals surface area contributed by atoms with Gasteiger partial charge < -0.3 is 5.32 Å². The van der Waals surface area contributed by atoms with Crippen LogP contribution in [0.15, 0.2) is 41.3 Å². The van der Waals surface area contributed by atoms with E-state index >= 15 is 0 Å². The smallest absolute Gasteiger partial charge is 0.0541 e. The van der Waals surface area contributed by atoms with Crippen molar-refractivity contribution in [1.29, 1.82) is 0 Å². The lowest BCUT2D eigenvalue weighted by Crippen LogP contribution is -2.32. The van der Waals surface area contributed by atoms with Crippen LogP contribution in [0.4, 0.5) is 0 Å². The van der Waals surface area contributed by atoms with E-state index in [0.29, 0.717) is 6.04 Å². The Morgan fingerprint density at radius 3 is 2.79 bits per heavy atom. The second-order valence-electron chi connectivity index (χ2n) is 4.89. The van der Waals surface area contributed by atoms with Crippen molar-refractivity contribution in [2.45, 2.75) is 44.0 Å². The molecule has 0 fully saturated rings. The van der Waals surface area contributed by atoms with Crippen molar-refractivity contribution in [2.75, 3.05) is 12.3 Å². The number of rotatable bonds is 9. The molecule has 0 saturated carbocycles. The zero-order valence-electron chi connectivity index (χ0n) is 11.9. The van der Waals surface area contributed by atoms with Crippen LogP contribution in [0.1, 0.15) is 33.1 Å². The average molecular weight is 298 g/mol. The minimum Gasteiger partial charge on any atom is -0.313 e. The van der Waals surface area contributed by atoms with E-state index in [2.05, 4.69) is 31.8 Å². The molecule has 0 aliphatic heterocycles. The van der Waals surface area contributed by atoms with Crippen LogP contribution < -0.4 is 5.32 Å². The van der Waals surface area contributed by atoms with Gasteiger partial charge in [0.25, 0.3) is 0 Å². The second kappa shape index (κ2) is 9.46. The minimum absolute atomic E-state index is 0.526. The molecule has 19 heavy (non-hydrogen) atoms.